The maximum absolute atomic E-state index is 10.7. The molecule has 0 aliphatic carbocycles. The Morgan fingerprint density at radius 2 is 2.30 bits per heavy atom. The first-order chi connectivity index (χ1) is 4.72. The summed E-state index contributed by atoms with van der Waals surface area (Å²) in [7, 11) is 0. The summed E-state index contributed by atoms with van der Waals surface area (Å²) in [5.74, 6) is -0.489. The van der Waals surface area contributed by atoms with E-state index in [-0.39, 0.29) is 6.61 Å². The van der Waals surface area contributed by atoms with E-state index in [9.17, 15) is 4.79 Å². The quantitative estimate of drug-likeness (QED) is 0.354. The number of alkyl halides is 1. The van der Waals surface area contributed by atoms with Gasteiger partial charge in [-0.2, -0.15) is 0 Å². The number of hydrogen-bond acceptors (Lipinski definition) is 2. The number of rotatable bonds is 4. The van der Waals surface area contributed by atoms with E-state index in [1.165, 1.54) is 12.2 Å². The van der Waals surface area contributed by atoms with Gasteiger partial charge in [0, 0.05) is 0 Å². The molecule has 2 nitrogen and oxygen atoms in total. The first kappa shape index (κ1) is 9.24. The van der Waals surface area contributed by atoms with Crippen molar-refractivity contribution in [2.75, 3.05) is 6.61 Å². The zero-order valence-corrected chi connectivity index (χ0v) is 6.30. The van der Waals surface area contributed by atoms with Crippen molar-refractivity contribution in [2.45, 2.75) is 5.38 Å². The van der Waals surface area contributed by atoms with Crippen molar-refractivity contribution in [3.8, 4) is 0 Å². The van der Waals surface area contributed by atoms with Crippen LogP contribution in [0.3, 0.4) is 0 Å². The highest BCUT2D eigenvalue weighted by Crippen LogP contribution is 1.98. The lowest BCUT2D eigenvalue weighted by Gasteiger charge is -2.01. The lowest BCUT2D eigenvalue weighted by molar-refractivity contribution is -0.140. The molecular weight excluding hydrogens is 152 g/mol. The third kappa shape index (κ3) is 3.30. The molecule has 0 rings (SSSR count). The fraction of sp³-hybridized carbons (Fsp3) is 0.286. The van der Waals surface area contributed by atoms with Gasteiger partial charge in [-0.1, -0.05) is 18.7 Å². The van der Waals surface area contributed by atoms with E-state index in [0.29, 0.717) is 0 Å². The summed E-state index contributed by atoms with van der Waals surface area (Å²) >= 11 is 5.42. The Kier molecular flexibility index (Phi) is 4.67. The molecule has 0 aliphatic rings. The van der Waals surface area contributed by atoms with Crippen molar-refractivity contribution in [2.24, 2.45) is 0 Å². The van der Waals surface area contributed by atoms with Gasteiger partial charge in [-0.05, 0) is 0 Å². The molecule has 0 saturated heterocycles. The van der Waals surface area contributed by atoms with Gasteiger partial charge in [0.05, 0.1) is 0 Å². The molecule has 0 spiro atoms. The van der Waals surface area contributed by atoms with Crippen LogP contribution in [0.15, 0.2) is 25.3 Å². The van der Waals surface area contributed by atoms with Crippen LogP contribution in [0.5, 0.6) is 0 Å². The van der Waals surface area contributed by atoms with Crippen LogP contribution in [0.4, 0.5) is 0 Å². The van der Waals surface area contributed by atoms with E-state index in [0.717, 1.165) is 0 Å². The average Bonchev–Trinajstić information content (AvgIpc) is 1.98. The Balaban J connectivity index is 3.61. The Bertz CT molecular complexity index is 143. The number of carbonyl (C=O) groups is 1. The maximum atomic E-state index is 10.7. The van der Waals surface area contributed by atoms with Crippen molar-refractivity contribution < 1.29 is 9.53 Å². The fourth-order valence-electron chi connectivity index (χ4n) is 0.317. The first-order valence-electron chi connectivity index (χ1n) is 2.76. The molecule has 0 bridgehead atoms. The Morgan fingerprint density at radius 1 is 1.70 bits per heavy atom. The molecule has 0 aliphatic heterocycles. The molecule has 0 saturated carbocycles. The van der Waals surface area contributed by atoms with E-state index >= 15 is 0 Å². The van der Waals surface area contributed by atoms with Crippen LogP contribution < -0.4 is 0 Å². The van der Waals surface area contributed by atoms with Crippen molar-refractivity contribution >= 4 is 17.6 Å². The molecule has 3 heteroatoms. The molecule has 1 unspecified atom stereocenters. The number of halogens is 1. The summed E-state index contributed by atoms with van der Waals surface area (Å²) in [6.45, 7) is 6.89. The van der Waals surface area contributed by atoms with Gasteiger partial charge in [0.2, 0.25) is 0 Å². The van der Waals surface area contributed by atoms with Gasteiger partial charge in [0.15, 0.2) is 0 Å². The van der Waals surface area contributed by atoms with Gasteiger partial charge in [-0.3, -0.25) is 4.79 Å². The largest absolute Gasteiger partial charge is 0.460 e. The summed E-state index contributed by atoms with van der Waals surface area (Å²) in [6, 6.07) is 0. The van der Waals surface area contributed by atoms with Gasteiger partial charge in [0.1, 0.15) is 12.0 Å². The molecule has 0 aromatic rings. The Hall–Kier alpha value is -0.760. The fourth-order valence-corrected chi connectivity index (χ4v) is 0.380. The van der Waals surface area contributed by atoms with Gasteiger partial charge >= 0.3 is 5.97 Å². The minimum Gasteiger partial charge on any atom is -0.460 e. The normalized spacial score (nSPS) is 11.7. The lowest BCUT2D eigenvalue weighted by Crippen LogP contribution is -2.15. The van der Waals surface area contributed by atoms with Crippen LogP contribution in [0.1, 0.15) is 0 Å². The molecule has 0 amide bonds. The SMILES string of the molecule is C=CCOC(=O)C(Cl)C=C. The van der Waals surface area contributed by atoms with Crippen LogP contribution in [0, 0.1) is 0 Å². The van der Waals surface area contributed by atoms with E-state index in [1.807, 2.05) is 0 Å². The van der Waals surface area contributed by atoms with E-state index in [4.69, 9.17) is 11.6 Å². The summed E-state index contributed by atoms with van der Waals surface area (Å²) in [5, 5.41) is -0.750. The van der Waals surface area contributed by atoms with Crippen LogP contribution >= 0.6 is 11.6 Å². The van der Waals surface area contributed by atoms with Crippen molar-refractivity contribution in [1.82, 2.24) is 0 Å². The molecule has 0 heterocycles. The zero-order chi connectivity index (χ0) is 7.98. The lowest BCUT2D eigenvalue weighted by atomic mass is 10.4. The molecule has 0 aromatic carbocycles. The average molecular weight is 161 g/mol. The van der Waals surface area contributed by atoms with Gasteiger partial charge in [-0.25, -0.2) is 0 Å². The Morgan fingerprint density at radius 3 is 2.70 bits per heavy atom. The van der Waals surface area contributed by atoms with Crippen LogP contribution in [-0.4, -0.2) is 18.0 Å². The predicted molar refractivity (Wildman–Crippen MR) is 41.0 cm³/mol. The van der Waals surface area contributed by atoms with Crippen molar-refractivity contribution in [1.29, 1.82) is 0 Å². The molecule has 10 heavy (non-hydrogen) atoms. The molecule has 56 valence electrons. The highest BCUT2D eigenvalue weighted by Gasteiger charge is 2.10. The highest BCUT2D eigenvalue weighted by molar-refractivity contribution is 6.31. The van der Waals surface area contributed by atoms with Crippen LogP contribution in [0.2, 0.25) is 0 Å². The van der Waals surface area contributed by atoms with Crippen molar-refractivity contribution in [3.63, 3.8) is 0 Å². The summed E-state index contributed by atoms with van der Waals surface area (Å²) in [6.07, 6.45) is 2.79. The maximum Gasteiger partial charge on any atom is 0.328 e. The molecule has 0 aromatic heterocycles. The second-order valence-corrected chi connectivity index (χ2v) is 2.03. The summed E-state index contributed by atoms with van der Waals surface area (Å²) < 4.78 is 4.58. The highest BCUT2D eigenvalue weighted by atomic mass is 35.5. The zero-order valence-electron chi connectivity index (χ0n) is 5.55. The van der Waals surface area contributed by atoms with Gasteiger partial charge in [0.25, 0.3) is 0 Å². The predicted octanol–water partition coefficient (Wildman–Crippen LogP) is 1.51. The van der Waals surface area contributed by atoms with Crippen LogP contribution in [0.25, 0.3) is 0 Å². The molecular formula is C7H9ClO2. The summed E-state index contributed by atoms with van der Waals surface area (Å²) in [5.41, 5.74) is 0. The van der Waals surface area contributed by atoms with E-state index in [1.54, 1.807) is 0 Å². The monoisotopic (exact) mass is 160 g/mol. The van der Waals surface area contributed by atoms with Crippen LogP contribution in [-0.2, 0) is 9.53 Å². The van der Waals surface area contributed by atoms with E-state index < -0.39 is 11.3 Å². The molecule has 0 N–H and O–H groups in total. The minimum absolute atomic E-state index is 0.190. The molecule has 1 atom stereocenters. The molecule has 0 fully saturated rings. The molecule has 0 radical (unpaired) electrons. The van der Waals surface area contributed by atoms with E-state index in [2.05, 4.69) is 17.9 Å². The summed E-state index contributed by atoms with van der Waals surface area (Å²) in [4.78, 5) is 10.7. The van der Waals surface area contributed by atoms with Crippen molar-refractivity contribution in [3.05, 3.63) is 25.3 Å². The third-order valence-corrected chi connectivity index (χ3v) is 1.13. The standard InChI is InChI=1S/C7H9ClO2/c1-3-5-10-7(9)6(8)4-2/h3-4,6H,1-2,5H2. The second kappa shape index (κ2) is 5.06. The Labute approximate surface area is 65.1 Å². The number of ether oxygens (including phenoxy) is 1. The number of esters is 1. The smallest absolute Gasteiger partial charge is 0.328 e. The van der Waals surface area contributed by atoms with Gasteiger partial charge in [-0.15, -0.1) is 18.2 Å². The first-order valence-corrected chi connectivity index (χ1v) is 3.20. The topological polar surface area (TPSA) is 26.3 Å². The minimum atomic E-state index is -0.750. The third-order valence-electron chi connectivity index (χ3n) is 0.776. The number of hydrogen-bond donors (Lipinski definition) is 0. The number of carbonyl (C=O) groups excluding carboxylic acids is 1. The second-order valence-electron chi connectivity index (χ2n) is 1.56. The van der Waals surface area contributed by atoms with Gasteiger partial charge < -0.3 is 4.74 Å².